The minimum absolute atomic E-state index is 0.0453. The van der Waals surface area contributed by atoms with Crippen LogP contribution in [-0.4, -0.2) is 42.1 Å². The molecular weight excluding hydrogens is 238 g/mol. The lowest BCUT2D eigenvalue weighted by Crippen LogP contribution is -2.33. The van der Waals surface area contributed by atoms with Crippen molar-refractivity contribution >= 4 is 9.84 Å². The third-order valence-electron chi connectivity index (χ3n) is 3.34. The molecule has 1 aliphatic carbocycles. The minimum atomic E-state index is -3.29. The molecule has 1 aromatic rings. The molecular formula is C11H15N3O2S. The van der Waals surface area contributed by atoms with Crippen molar-refractivity contribution in [2.45, 2.75) is 37.0 Å². The Morgan fingerprint density at radius 3 is 2.82 bits per heavy atom. The van der Waals surface area contributed by atoms with Crippen LogP contribution in [0.5, 0.6) is 0 Å². The summed E-state index contributed by atoms with van der Waals surface area (Å²) in [6.07, 6.45) is 6.23. The van der Waals surface area contributed by atoms with E-state index in [-0.39, 0.29) is 5.16 Å². The lowest BCUT2D eigenvalue weighted by molar-refractivity contribution is 0.240. The summed E-state index contributed by atoms with van der Waals surface area (Å²) in [4.78, 5) is 10.6. The maximum Gasteiger partial charge on any atom is 0.246 e. The zero-order chi connectivity index (χ0) is 12.0. The standard InChI is InChI=1S/C11H15N3O2S/c1-17(15,16)11-12-6-8-7-14(9-2-3-9)5-4-10(8)13-11/h6,9H,2-5,7H2,1H3. The van der Waals surface area contributed by atoms with E-state index in [0.717, 1.165) is 43.1 Å². The predicted octanol–water partition coefficient (Wildman–Crippen LogP) is 0.401. The van der Waals surface area contributed by atoms with Gasteiger partial charge >= 0.3 is 0 Å². The number of fused-ring (bicyclic) bond motifs is 1. The van der Waals surface area contributed by atoms with Gasteiger partial charge < -0.3 is 0 Å². The zero-order valence-corrected chi connectivity index (χ0v) is 10.6. The van der Waals surface area contributed by atoms with Crippen molar-refractivity contribution in [1.82, 2.24) is 14.9 Å². The van der Waals surface area contributed by atoms with Crippen molar-refractivity contribution in [3.05, 3.63) is 17.5 Å². The van der Waals surface area contributed by atoms with Gasteiger partial charge in [-0.25, -0.2) is 18.4 Å². The molecule has 0 bridgehead atoms. The summed E-state index contributed by atoms with van der Waals surface area (Å²) in [6, 6.07) is 0.734. The molecule has 0 unspecified atom stereocenters. The van der Waals surface area contributed by atoms with Crippen LogP contribution in [0.15, 0.2) is 11.4 Å². The Morgan fingerprint density at radius 2 is 2.18 bits per heavy atom. The molecule has 2 aliphatic rings. The Bertz CT molecular complexity index is 552. The van der Waals surface area contributed by atoms with Gasteiger partial charge in [0.1, 0.15) is 0 Å². The fraction of sp³-hybridized carbons (Fsp3) is 0.636. The monoisotopic (exact) mass is 253 g/mol. The maximum absolute atomic E-state index is 11.4. The summed E-state index contributed by atoms with van der Waals surface area (Å²) in [5.41, 5.74) is 1.98. The average molecular weight is 253 g/mol. The summed E-state index contributed by atoms with van der Waals surface area (Å²) in [5.74, 6) is 0. The van der Waals surface area contributed by atoms with Crippen molar-refractivity contribution in [2.24, 2.45) is 0 Å². The molecule has 5 nitrogen and oxygen atoms in total. The number of nitrogens with zero attached hydrogens (tertiary/aromatic N) is 3. The molecule has 3 rings (SSSR count). The predicted molar refractivity (Wildman–Crippen MR) is 62.3 cm³/mol. The van der Waals surface area contributed by atoms with Crippen LogP contribution in [0.3, 0.4) is 0 Å². The quantitative estimate of drug-likeness (QED) is 0.714. The van der Waals surface area contributed by atoms with Gasteiger partial charge in [0.25, 0.3) is 0 Å². The SMILES string of the molecule is CS(=O)(=O)c1ncc2c(n1)CCN(C1CC1)C2. The molecule has 0 radical (unpaired) electrons. The third kappa shape index (κ3) is 2.19. The second kappa shape index (κ2) is 3.74. The molecule has 2 heterocycles. The molecule has 0 spiro atoms. The van der Waals surface area contributed by atoms with Crippen LogP contribution in [0, 0.1) is 0 Å². The molecule has 1 aliphatic heterocycles. The molecule has 0 saturated heterocycles. The van der Waals surface area contributed by atoms with Gasteiger partial charge in [0, 0.05) is 43.6 Å². The summed E-state index contributed by atoms with van der Waals surface area (Å²) in [7, 11) is -3.29. The van der Waals surface area contributed by atoms with E-state index in [9.17, 15) is 8.42 Å². The van der Waals surface area contributed by atoms with Crippen molar-refractivity contribution in [3.63, 3.8) is 0 Å². The molecule has 0 aromatic carbocycles. The van der Waals surface area contributed by atoms with Crippen LogP contribution in [-0.2, 0) is 22.8 Å². The van der Waals surface area contributed by atoms with E-state index in [2.05, 4.69) is 14.9 Å². The van der Waals surface area contributed by atoms with Crippen LogP contribution in [0.25, 0.3) is 0 Å². The van der Waals surface area contributed by atoms with Gasteiger partial charge in [0.15, 0.2) is 0 Å². The highest BCUT2D eigenvalue weighted by Gasteiger charge is 2.32. The van der Waals surface area contributed by atoms with Gasteiger partial charge in [-0.2, -0.15) is 0 Å². The van der Waals surface area contributed by atoms with Crippen molar-refractivity contribution in [1.29, 1.82) is 0 Å². The van der Waals surface area contributed by atoms with E-state index in [0.29, 0.717) is 0 Å². The first-order chi connectivity index (χ1) is 8.04. The molecule has 1 saturated carbocycles. The molecule has 0 amide bonds. The minimum Gasteiger partial charge on any atom is -0.296 e. The first-order valence-corrected chi connectivity index (χ1v) is 7.72. The topological polar surface area (TPSA) is 63.2 Å². The summed E-state index contributed by atoms with van der Waals surface area (Å²) in [6.45, 7) is 1.85. The molecule has 92 valence electrons. The lowest BCUT2D eigenvalue weighted by atomic mass is 10.1. The number of aromatic nitrogens is 2. The van der Waals surface area contributed by atoms with Gasteiger partial charge in [-0.1, -0.05) is 0 Å². The first-order valence-electron chi connectivity index (χ1n) is 5.83. The first kappa shape index (κ1) is 11.1. The van der Waals surface area contributed by atoms with E-state index < -0.39 is 9.84 Å². The number of hydrogen-bond donors (Lipinski definition) is 0. The van der Waals surface area contributed by atoms with Crippen LogP contribution < -0.4 is 0 Å². The highest BCUT2D eigenvalue weighted by Crippen LogP contribution is 2.31. The molecule has 0 N–H and O–H groups in total. The Morgan fingerprint density at radius 1 is 1.41 bits per heavy atom. The second-order valence-electron chi connectivity index (χ2n) is 4.85. The largest absolute Gasteiger partial charge is 0.296 e. The zero-order valence-electron chi connectivity index (χ0n) is 9.76. The van der Waals surface area contributed by atoms with Crippen LogP contribution in [0.4, 0.5) is 0 Å². The molecule has 1 fully saturated rings. The maximum atomic E-state index is 11.4. The highest BCUT2D eigenvalue weighted by molar-refractivity contribution is 7.90. The smallest absolute Gasteiger partial charge is 0.246 e. The summed E-state index contributed by atoms with van der Waals surface area (Å²) >= 11 is 0. The third-order valence-corrected chi connectivity index (χ3v) is 4.20. The Labute approximate surface area is 101 Å². The highest BCUT2D eigenvalue weighted by atomic mass is 32.2. The van der Waals surface area contributed by atoms with Crippen molar-refractivity contribution in [3.8, 4) is 0 Å². The molecule has 1 aromatic heterocycles. The van der Waals surface area contributed by atoms with Gasteiger partial charge in [0.05, 0.1) is 5.69 Å². The Kier molecular flexibility index (Phi) is 2.45. The molecule has 6 heteroatoms. The summed E-state index contributed by atoms with van der Waals surface area (Å²) < 4.78 is 22.7. The average Bonchev–Trinajstić information content (AvgIpc) is 3.10. The van der Waals surface area contributed by atoms with Gasteiger partial charge in [0.2, 0.25) is 15.0 Å². The fourth-order valence-electron chi connectivity index (χ4n) is 2.25. The number of hydrogen-bond acceptors (Lipinski definition) is 5. The van der Waals surface area contributed by atoms with E-state index in [1.54, 1.807) is 6.20 Å². The normalized spacial score (nSPS) is 21.2. The van der Waals surface area contributed by atoms with E-state index in [1.807, 2.05) is 0 Å². The Hall–Kier alpha value is -1.01. The van der Waals surface area contributed by atoms with E-state index in [4.69, 9.17) is 0 Å². The summed E-state index contributed by atoms with van der Waals surface area (Å²) in [5, 5.41) is -0.0453. The molecule has 17 heavy (non-hydrogen) atoms. The van der Waals surface area contributed by atoms with Gasteiger partial charge in [-0.3, -0.25) is 4.90 Å². The van der Waals surface area contributed by atoms with Crippen molar-refractivity contribution in [2.75, 3.05) is 12.8 Å². The van der Waals surface area contributed by atoms with Crippen LogP contribution in [0.2, 0.25) is 0 Å². The van der Waals surface area contributed by atoms with Crippen LogP contribution in [0.1, 0.15) is 24.1 Å². The van der Waals surface area contributed by atoms with Gasteiger partial charge in [-0.05, 0) is 12.8 Å². The van der Waals surface area contributed by atoms with Gasteiger partial charge in [-0.15, -0.1) is 0 Å². The van der Waals surface area contributed by atoms with E-state index >= 15 is 0 Å². The number of rotatable bonds is 2. The van der Waals surface area contributed by atoms with Crippen LogP contribution >= 0.6 is 0 Å². The van der Waals surface area contributed by atoms with Crippen molar-refractivity contribution < 1.29 is 8.42 Å². The lowest BCUT2D eigenvalue weighted by Gasteiger charge is -2.27. The second-order valence-corrected chi connectivity index (χ2v) is 6.76. The van der Waals surface area contributed by atoms with E-state index in [1.165, 1.54) is 12.8 Å². The molecule has 0 atom stereocenters. The Balaban J connectivity index is 1.90. The fourth-order valence-corrected chi connectivity index (χ4v) is 2.77. The number of sulfone groups is 1.